The number of urea groups is 1. The number of nitrogens with zero attached hydrogens (tertiary/aromatic N) is 4. The van der Waals surface area contributed by atoms with Crippen molar-refractivity contribution in [2.45, 2.75) is 6.61 Å². The summed E-state index contributed by atoms with van der Waals surface area (Å²) >= 11 is 0. The molecule has 3 rings (SSSR count). The molecule has 2 N–H and O–H groups in total. The third-order valence-corrected chi connectivity index (χ3v) is 4.06. The summed E-state index contributed by atoms with van der Waals surface area (Å²) in [7, 11) is 3.37. The van der Waals surface area contributed by atoms with Gasteiger partial charge >= 0.3 is 6.03 Å². The Morgan fingerprint density at radius 2 is 1.92 bits per heavy atom. The highest BCUT2D eigenvalue weighted by molar-refractivity contribution is 5.89. The summed E-state index contributed by atoms with van der Waals surface area (Å²) in [5.74, 6) is 1.33. The first-order chi connectivity index (χ1) is 12.6. The maximum absolute atomic E-state index is 11.7. The lowest BCUT2D eigenvalue weighted by molar-refractivity contribution is 0.122. The molecule has 2 aromatic rings. The lowest BCUT2D eigenvalue weighted by Gasteiger charge is -2.28. The lowest BCUT2D eigenvalue weighted by Crippen LogP contribution is -2.37. The molecule has 1 fully saturated rings. The van der Waals surface area contributed by atoms with Crippen LogP contribution in [0.4, 0.5) is 16.3 Å². The van der Waals surface area contributed by atoms with Crippen LogP contribution < -0.4 is 10.2 Å². The van der Waals surface area contributed by atoms with E-state index in [2.05, 4.69) is 20.2 Å². The fourth-order valence-electron chi connectivity index (χ4n) is 2.59. The van der Waals surface area contributed by atoms with Gasteiger partial charge in [0.2, 0.25) is 0 Å². The molecule has 26 heavy (non-hydrogen) atoms. The van der Waals surface area contributed by atoms with E-state index < -0.39 is 0 Å². The molecule has 0 bridgehead atoms. The molecule has 0 radical (unpaired) electrons. The highest BCUT2D eigenvalue weighted by Gasteiger charge is 2.15. The molecule has 2 heterocycles. The number of aliphatic hydroxyl groups excluding tert-OH is 1. The van der Waals surface area contributed by atoms with Gasteiger partial charge in [-0.05, 0) is 24.3 Å². The Balaban J connectivity index is 1.84. The van der Waals surface area contributed by atoms with Crippen molar-refractivity contribution in [1.82, 2.24) is 14.9 Å². The van der Waals surface area contributed by atoms with Gasteiger partial charge in [-0.2, -0.15) is 0 Å². The third-order valence-electron chi connectivity index (χ3n) is 4.06. The van der Waals surface area contributed by atoms with Gasteiger partial charge in [0.15, 0.2) is 5.82 Å². The van der Waals surface area contributed by atoms with Gasteiger partial charge in [-0.15, -0.1) is 0 Å². The Kier molecular flexibility index (Phi) is 5.65. The first-order valence-electron chi connectivity index (χ1n) is 8.47. The first-order valence-corrected chi connectivity index (χ1v) is 8.47. The van der Waals surface area contributed by atoms with Crippen LogP contribution in [0.3, 0.4) is 0 Å². The summed E-state index contributed by atoms with van der Waals surface area (Å²) in [6.07, 6.45) is 0. The number of anilines is 2. The van der Waals surface area contributed by atoms with E-state index in [1.165, 1.54) is 4.90 Å². The second-order valence-corrected chi connectivity index (χ2v) is 6.20. The molecule has 0 unspecified atom stereocenters. The predicted octanol–water partition coefficient (Wildman–Crippen LogP) is 1.57. The number of carbonyl (C=O) groups excluding carboxylic acids is 1. The van der Waals surface area contributed by atoms with Crippen LogP contribution in [0.1, 0.15) is 5.69 Å². The van der Waals surface area contributed by atoms with Crippen molar-refractivity contribution < 1.29 is 14.6 Å². The van der Waals surface area contributed by atoms with Crippen LogP contribution in [-0.2, 0) is 11.3 Å². The largest absolute Gasteiger partial charge is 0.390 e. The average molecular weight is 357 g/mol. The molecular formula is C18H23N5O3. The number of aliphatic hydroxyl groups is 1. The van der Waals surface area contributed by atoms with E-state index >= 15 is 0 Å². The van der Waals surface area contributed by atoms with E-state index in [0.717, 1.165) is 24.5 Å². The van der Waals surface area contributed by atoms with Crippen molar-refractivity contribution in [3.63, 3.8) is 0 Å². The van der Waals surface area contributed by atoms with Crippen LogP contribution >= 0.6 is 0 Å². The zero-order chi connectivity index (χ0) is 18.5. The van der Waals surface area contributed by atoms with E-state index in [9.17, 15) is 9.90 Å². The molecule has 1 aliphatic heterocycles. The first kappa shape index (κ1) is 18.1. The zero-order valence-electron chi connectivity index (χ0n) is 15.0. The summed E-state index contributed by atoms with van der Waals surface area (Å²) in [5, 5.41) is 12.3. The maximum Gasteiger partial charge on any atom is 0.321 e. The molecule has 138 valence electrons. The smallest absolute Gasteiger partial charge is 0.321 e. The molecule has 8 nitrogen and oxygen atoms in total. The van der Waals surface area contributed by atoms with Crippen molar-refractivity contribution in [2.24, 2.45) is 0 Å². The van der Waals surface area contributed by atoms with Gasteiger partial charge in [0, 0.05) is 44.5 Å². The molecule has 0 atom stereocenters. The number of nitrogens with one attached hydrogen (secondary N) is 1. The Morgan fingerprint density at radius 3 is 2.54 bits per heavy atom. The Bertz CT molecular complexity index is 758. The van der Waals surface area contributed by atoms with Gasteiger partial charge in [-0.1, -0.05) is 0 Å². The highest BCUT2D eigenvalue weighted by atomic mass is 16.5. The van der Waals surface area contributed by atoms with Crippen LogP contribution in [0, 0.1) is 0 Å². The minimum Gasteiger partial charge on any atom is -0.390 e. The van der Waals surface area contributed by atoms with Gasteiger partial charge < -0.3 is 25.0 Å². The molecule has 1 aliphatic rings. The van der Waals surface area contributed by atoms with E-state index in [0.29, 0.717) is 30.4 Å². The number of morpholine rings is 1. The molecule has 1 saturated heterocycles. The van der Waals surface area contributed by atoms with Crippen LogP contribution in [-0.4, -0.2) is 66.4 Å². The molecular weight excluding hydrogens is 334 g/mol. The highest BCUT2D eigenvalue weighted by Crippen LogP contribution is 2.23. The molecule has 8 heteroatoms. The second kappa shape index (κ2) is 8.11. The second-order valence-electron chi connectivity index (χ2n) is 6.20. The molecule has 0 spiro atoms. The summed E-state index contributed by atoms with van der Waals surface area (Å²) in [6.45, 7) is 2.69. The standard InChI is InChI=1S/C18H23N5O3/c1-22(2)18(25)20-14-5-3-13(4-6-14)17-19-15(12-24)11-16(21-17)23-7-9-26-10-8-23/h3-6,11,24H,7-10,12H2,1-2H3,(H,20,25). The summed E-state index contributed by atoms with van der Waals surface area (Å²) in [6, 6.07) is 8.93. The quantitative estimate of drug-likeness (QED) is 0.863. The van der Waals surface area contributed by atoms with Crippen molar-refractivity contribution >= 4 is 17.5 Å². The summed E-state index contributed by atoms with van der Waals surface area (Å²) < 4.78 is 5.38. The van der Waals surface area contributed by atoms with Crippen LogP contribution in [0.25, 0.3) is 11.4 Å². The van der Waals surface area contributed by atoms with Crippen molar-refractivity contribution in [3.8, 4) is 11.4 Å². The van der Waals surface area contributed by atoms with Crippen LogP contribution in [0.2, 0.25) is 0 Å². The van der Waals surface area contributed by atoms with Crippen LogP contribution in [0.15, 0.2) is 30.3 Å². The van der Waals surface area contributed by atoms with E-state index in [-0.39, 0.29) is 12.6 Å². The van der Waals surface area contributed by atoms with E-state index in [1.807, 2.05) is 12.1 Å². The van der Waals surface area contributed by atoms with Crippen molar-refractivity contribution in [3.05, 3.63) is 36.0 Å². The number of ether oxygens (including phenoxy) is 1. The van der Waals surface area contributed by atoms with Crippen molar-refractivity contribution in [1.29, 1.82) is 0 Å². The SMILES string of the molecule is CN(C)C(=O)Nc1ccc(-c2nc(CO)cc(N3CCOCC3)n2)cc1. The fraction of sp³-hybridized carbons (Fsp3) is 0.389. The average Bonchev–Trinajstić information content (AvgIpc) is 2.68. The Hall–Kier alpha value is -2.71. The summed E-state index contributed by atoms with van der Waals surface area (Å²) in [4.78, 5) is 24.4. The monoisotopic (exact) mass is 357 g/mol. The zero-order valence-corrected chi connectivity index (χ0v) is 15.0. The number of amides is 2. The predicted molar refractivity (Wildman–Crippen MR) is 99.1 cm³/mol. The Morgan fingerprint density at radius 1 is 1.23 bits per heavy atom. The molecule has 1 aromatic carbocycles. The van der Waals surface area contributed by atoms with Crippen molar-refractivity contribution in [2.75, 3.05) is 50.6 Å². The fourth-order valence-corrected chi connectivity index (χ4v) is 2.59. The third kappa shape index (κ3) is 4.27. The van der Waals surface area contributed by atoms with Gasteiger partial charge in [-0.3, -0.25) is 0 Å². The summed E-state index contributed by atoms with van der Waals surface area (Å²) in [5.41, 5.74) is 2.08. The Labute approximate surface area is 152 Å². The number of hydrogen-bond donors (Lipinski definition) is 2. The van der Waals surface area contributed by atoms with Gasteiger partial charge in [0.1, 0.15) is 5.82 Å². The van der Waals surface area contributed by atoms with Gasteiger partial charge in [0.05, 0.1) is 25.5 Å². The molecule has 2 amide bonds. The number of benzene rings is 1. The van der Waals surface area contributed by atoms with Gasteiger partial charge in [-0.25, -0.2) is 14.8 Å². The molecule has 0 aliphatic carbocycles. The van der Waals surface area contributed by atoms with E-state index in [1.54, 1.807) is 32.3 Å². The molecule has 0 saturated carbocycles. The van der Waals surface area contributed by atoms with Crippen LogP contribution in [0.5, 0.6) is 0 Å². The lowest BCUT2D eigenvalue weighted by atomic mass is 10.2. The van der Waals surface area contributed by atoms with E-state index in [4.69, 9.17) is 4.74 Å². The number of hydrogen-bond acceptors (Lipinski definition) is 6. The topological polar surface area (TPSA) is 90.8 Å². The minimum atomic E-state index is -0.189. The van der Waals surface area contributed by atoms with Gasteiger partial charge in [0.25, 0.3) is 0 Å². The normalized spacial score (nSPS) is 14.2. The number of rotatable bonds is 4. The number of carbonyl (C=O) groups is 1. The molecule has 1 aromatic heterocycles. The minimum absolute atomic E-state index is 0.149. The maximum atomic E-state index is 11.7. The number of aromatic nitrogens is 2.